The van der Waals surface area contributed by atoms with E-state index in [0.29, 0.717) is 25.6 Å². The zero-order chi connectivity index (χ0) is 23.2. The third-order valence-electron chi connectivity index (χ3n) is 6.73. The van der Waals surface area contributed by atoms with Crippen molar-refractivity contribution in [3.05, 3.63) is 53.9 Å². The number of carbonyl (C=O) groups is 2. The van der Waals surface area contributed by atoms with E-state index in [9.17, 15) is 9.59 Å². The van der Waals surface area contributed by atoms with Crippen LogP contribution in [0.3, 0.4) is 0 Å². The fourth-order valence-electron chi connectivity index (χ4n) is 4.66. The predicted octanol–water partition coefficient (Wildman–Crippen LogP) is 3.60. The van der Waals surface area contributed by atoms with Gasteiger partial charge in [0.2, 0.25) is 11.8 Å². The second kappa shape index (κ2) is 10.8. The minimum absolute atomic E-state index is 0.00567. The maximum atomic E-state index is 12.6. The number of pyridine rings is 1. The Bertz CT molecular complexity index is 948. The number of nitrogens with zero attached hydrogens (tertiary/aromatic N) is 3. The molecule has 3 heterocycles. The van der Waals surface area contributed by atoms with E-state index in [1.807, 2.05) is 36.9 Å². The fraction of sp³-hybridized carbons (Fsp3) is 0.500. The van der Waals surface area contributed by atoms with E-state index in [-0.39, 0.29) is 17.7 Å². The summed E-state index contributed by atoms with van der Waals surface area (Å²) in [6.07, 6.45) is 4.20. The molecule has 2 aliphatic rings. The maximum absolute atomic E-state index is 12.6. The largest absolute Gasteiger partial charge is 0.381 e. The lowest BCUT2D eigenvalue weighted by Gasteiger charge is -2.40. The van der Waals surface area contributed by atoms with E-state index < -0.39 is 0 Å². The van der Waals surface area contributed by atoms with Gasteiger partial charge in [0.05, 0.1) is 30.3 Å². The summed E-state index contributed by atoms with van der Waals surface area (Å²) in [6, 6.07) is 12.2. The van der Waals surface area contributed by atoms with Crippen LogP contribution in [0.25, 0.3) is 0 Å². The first kappa shape index (κ1) is 23.2. The van der Waals surface area contributed by atoms with Gasteiger partial charge in [0.1, 0.15) is 0 Å². The smallest absolute Gasteiger partial charge is 0.231 e. The van der Waals surface area contributed by atoms with Crippen LogP contribution in [0.5, 0.6) is 0 Å². The van der Waals surface area contributed by atoms with Gasteiger partial charge in [0, 0.05) is 44.7 Å². The molecule has 7 nitrogen and oxygen atoms in total. The van der Waals surface area contributed by atoms with Crippen molar-refractivity contribution in [3.63, 3.8) is 0 Å². The molecule has 0 unspecified atom stereocenters. The average Bonchev–Trinajstić information content (AvgIpc) is 2.80. The number of anilines is 2. The third kappa shape index (κ3) is 5.71. The highest BCUT2D eigenvalue weighted by atomic mass is 16.5. The van der Waals surface area contributed by atoms with E-state index >= 15 is 0 Å². The average molecular weight is 451 g/mol. The van der Waals surface area contributed by atoms with Crippen molar-refractivity contribution in [1.29, 1.82) is 0 Å². The first-order valence-corrected chi connectivity index (χ1v) is 12.0. The summed E-state index contributed by atoms with van der Waals surface area (Å²) in [6.45, 7) is 8.12. The lowest BCUT2D eigenvalue weighted by atomic mass is 9.89. The zero-order valence-corrected chi connectivity index (χ0v) is 19.6. The van der Waals surface area contributed by atoms with Gasteiger partial charge in [0.15, 0.2) is 0 Å². The first-order chi connectivity index (χ1) is 16.0. The van der Waals surface area contributed by atoms with Crippen molar-refractivity contribution >= 4 is 23.2 Å². The summed E-state index contributed by atoms with van der Waals surface area (Å²) in [5, 5.41) is 3.06. The molecule has 0 saturated carbocycles. The van der Waals surface area contributed by atoms with E-state index in [4.69, 9.17) is 4.74 Å². The molecule has 1 aromatic carbocycles. The minimum atomic E-state index is -0.00567. The van der Waals surface area contributed by atoms with Gasteiger partial charge in [-0.3, -0.25) is 14.6 Å². The van der Waals surface area contributed by atoms with Gasteiger partial charge < -0.3 is 19.9 Å². The van der Waals surface area contributed by atoms with Crippen molar-refractivity contribution in [1.82, 2.24) is 9.88 Å². The molecule has 0 bridgehead atoms. The van der Waals surface area contributed by atoms with Crippen LogP contribution in [0.15, 0.2) is 42.6 Å². The molecule has 2 aromatic rings. The van der Waals surface area contributed by atoms with Crippen LogP contribution in [0.4, 0.5) is 11.4 Å². The first-order valence-electron chi connectivity index (χ1n) is 12.0. The van der Waals surface area contributed by atoms with E-state index in [2.05, 4.69) is 33.4 Å². The molecule has 7 heteroatoms. The Balaban J connectivity index is 1.22. The quantitative estimate of drug-likeness (QED) is 0.622. The Morgan fingerprint density at radius 2 is 1.85 bits per heavy atom. The standard InChI is InChI=1S/C26H34N4O3/c1-3-33-16-12-25(31)29-14-10-21(11-15-29)20-6-8-23(9-7-20)28-26(32)22-17-30(18-22)24-5-4-13-27-19(24)2/h4-9,13,21-22H,3,10-12,14-18H2,1-2H3,(H,28,32). The normalized spacial score (nSPS) is 17.0. The van der Waals surface area contributed by atoms with Crippen molar-refractivity contribution in [2.45, 2.75) is 39.0 Å². The van der Waals surface area contributed by atoms with Gasteiger partial charge in [-0.15, -0.1) is 0 Å². The van der Waals surface area contributed by atoms with Crippen LogP contribution < -0.4 is 10.2 Å². The van der Waals surface area contributed by atoms with Gasteiger partial charge in [-0.25, -0.2) is 0 Å². The number of benzene rings is 1. The van der Waals surface area contributed by atoms with E-state index in [0.717, 1.165) is 56.1 Å². The number of carbonyl (C=O) groups excluding carboxylic acids is 2. The zero-order valence-electron chi connectivity index (χ0n) is 19.6. The SMILES string of the molecule is CCOCCC(=O)N1CCC(c2ccc(NC(=O)C3CN(c4cccnc4C)C3)cc2)CC1. The number of amides is 2. The second-order valence-corrected chi connectivity index (χ2v) is 8.92. The summed E-state index contributed by atoms with van der Waals surface area (Å²) in [5.74, 6) is 0.704. The summed E-state index contributed by atoms with van der Waals surface area (Å²) in [5.41, 5.74) is 4.21. The number of hydrogen-bond donors (Lipinski definition) is 1. The molecule has 176 valence electrons. The van der Waals surface area contributed by atoms with Crippen LogP contribution in [-0.2, 0) is 14.3 Å². The van der Waals surface area contributed by atoms with Gasteiger partial charge >= 0.3 is 0 Å². The Morgan fingerprint density at radius 3 is 2.52 bits per heavy atom. The summed E-state index contributed by atoms with van der Waals surface area (Å²) in [7, 11) is 0. The molecule has 4 rings (SSSR count). The molecule has 0 radical (unpaired) electrons. The van der Waals surface area contributed by atoms with Crippen molar-refractivity contribution in [2.24, 2.45) is 5.92 Å². The number of likely N-dealkylation sites (tertiary alicyclic amines) is 1. The second-order valence-electron chi connectivity index (χ2n) is 8.92. The van der Waals surface area contributed by atoms with E-state index in [1.54, 1.807) is 6.20 Å². The number of nitrogens with one attached hydrogen (secondary N) is 1. The molecule has 0 spiro atoms. The van der Waals surface area contributed by atoms with E-state index in [1.165, 1.54) is 5.56 Å². The summed E-state index contributed by atoms with van der Waals surface area (Å²) < 4.78 is 5.30. The molecule has 2 amide bonds. The number of ether oxygens (including phenoxy) is 1. The van der Waals surface area contributed by atoms with Gasteiger partial charge in [0.25, 0.3) is 0 Å². The Labute approximate surface area is 196 Å². The monoisotopic (exact) mass is 450 g/mol. The lowest BCUT2D eigenvalue weighted by molar-refractivity contribution is -0.133. The fourth-order valence-corrected chi connectivity index (χ4v) is 4.66. The summed E-state index contributed by atoms with van der Waals surface area (Å²) >= 11 is 0. The molecule has 2 saturated heterocycles. The number of aromatic nitrogens is 1. The Morgan fingerprint density at radius 1 is 1.12 bits per heavy atom. The number of piperidine rings is 1. The molecule has 0 atom stereocenters. The van der Waals surface area contributed by atoms with Gasteiger partial charge in [-0.2, -0.15) is 0 Å². The van der Waals surface area contributed by atoms with Crippen LogP contribution in [0.2, 0.25) is 0 Å². The molecular weight excluding hydrogens is 416 g/mol. The molecule has 2 fully saturated rings. The molecule has 2 aliphatic heterocycles. The number of hydrogen-bond acceptors (Lipinski definition) is 5. The van der Waals surface area contributed by atoms with Gasteiger partial charge in [-0.1, -0.05) is 12.1 Å². The topological polar surface area (TPSA) is 74.8 Å². The lowest BCUT2D eigenvalue weighted by Crippen LogP contribution is -2.52. The van der Waals surface area contributed by atoms with Gasteiger partial charge in [-0.05, 0) is 62.4 Å². The van der Waals surface area contributed by atoms with Crippen LogP contribution in [0.1, 0.15) is 43.4 Å². The molecule has 33 heavy (non-hydrogen) atoms. The van der Waals surface area contributed by atoms with Crippen molar-refractivity contribution in [2.75, 3.05) is 49.6 Å². The maximum Gasteiger partial charge on any atom is 0.231 e. The number of aryl methyl sites for hydroxylation is 1. The molecular formula is C26H34N4O3. The Hall–Kier alpha value is -2.93. The highest BCUT2D eigenvalue weighted by molar-refractivity contribution is 5.94. The number of rotatable bonds is 8. The highest BCUT2D eigenvalue weighted by Gasteiger charge is 2.33. The van der Waals surface area contributed by atoms with Crippen molar-refractivity contribution < 1.29 is 14.3 Å². The predicted molar refractivity (Wildman–Crippen MR) is 129 cm³/mol. The van der Waals surface area contributed by atoms with Crippen LogP contribution in [-0.4, -0.2) is 61.1 Å². The Kier molecular flexibility index (Phi) is 7.60. The van der Waals surface area contributed by atoms with Crippen molar-refractivity contribution in [3.8, 4) is 0 Å². The molecule has 1 N–H and O–H groups in total. The van der Waals surface area contributed by atoms with Crippen LogP contribution in [0, 0.1) is 12.8 Å². The van der Waals surface area contributed by atoms with Crippen LogP contribution >= 0.6 is 0 Å². The third-order valence-corrected chi connectivity index (χ3v) is 6.73. The minimum Gasteiger partial charge on any atom is -0.381 e. The molecule has 0 aliphatic carbocycles. The summed E-state index contributed by atoms with van der Waals surface area (Å²) in [4.78, 5) is 33.4. The highest BCUT2D eigenvalue weighted by Crippen LogP contribution is 2.30. The molecule has 1 aromatic heterocycles.